The first-order valence-corrected chi connectivity index (χ1v) is 7.24. The Morgan fingerprint density at radius 3 is 2.84 bits per heavy atom. The molecule has 0 radical (unpaired) electrons. The molecule has 0 atom stereocenters. The van der Waals surface area contributed by atoms with Crippen molar-refractivity contribution in [3.05, 3.63) is 40.3 Å². The fourth-order valence-electron chi connectivity index (χ4n) is 2.28. The van der Waals surface area contributed by atoms with Crippen LogP contribution < -0.4 is 0 Å². The van der Waals surface area contributed by atoms with Crippen molar-refractivity contribution in [3.63, 3.8) is 0 Å². The Morgan fingerprint density at radius 2 is 2.21 bits per heavy atom. The third-order valence-corrected chi connectivity index (χ3v) is 4.23. The summed E-state index contributed by atoms with van der Waals surface area (Å²) in [6.07, 6.45) is 3.24. The van der Waals surface area contributed by atoms with Crippen molar-refractivity contribution in [2.75, 3.05) is 26.2 Å². The van der Waals surface area contributed by atoms with Crippen LogP contribution in [0.15, 0.2) is 29.9 Å². The molecular weight excluding hydrogens is 260 g/mol. The lowest BCUT2D eigenvalue weighted by Gasteiger charge is -2.34. The summed E-state index contributed by atoms with van der Waals surface area (Å²) in [4.78, 5) is 17.8. The van der Waals surface area contributed by atoms with Gasteiger partial charge in [-0.15, -0.1) is 11.3 Å². The first kappa shape index (κ1) is 12.4. The molecule has 0 spiro atoms. The van der Waals surface area contributed by atoms with Gasteiger partial charge in [-0.25, -0.2) is 0 Å². The Balaban J connectivity index is 1.53. The number of aromatic nitrogens is 2. The smallest absolute Gasteiger partial charge is 0.257 e. The third-order valence-electron chi connectivity index (χ3n) is 3.36. The summed E-state index contributed by atoms with van der Waals surface area (Å²) in [5.74, 6) is 0.0736. The lowest BCUT2D eigenvalue weighted by molar-refractivity contribution is 0.0629. The number of thiophene rings is 1. The molecule has 3 heterocycles. The van der Waals surface area contributed by atoms with Gasteiger partial charge < -0.3 is 4.90 Å². The molecule has 100 valence electrons. The maximum Gasteiger partial charge on any atom is 0.257 e. The number of carbonyl (C=O) groups is 1. The zero-order valence-corrected chi connectivity index (χ0v) is 11.4. The van der Waals surface area contributed by atoms with Crippen molar-refractivity contribution in [2.24, 2.45) is 0 Å². The van der Waals surface area contributed by atoms with E-state index < -0.39 is 0 Å². The van der Waals surface area contributed by atoms with E-state index in [1.807, 2.05) is 4.90 Å². The second-order valence-electron chi connectivity index (χ2n) is 4.63. The van der Waals surface area contributed by atoms with E-state index in [1.165, 1.54) is 4.88 Å². The Morgan fingerprint density at radius 1 is 1.37 bits per heavy atom. The molecule has 19 heavy (non-hydrogen) atoms. The largest absolute Gasteiger partial charge is 0.336 e. The van der Waals surface area contributed by atoms with Gasteiger partial charge in [0, 0.05) is 43.8 Å². The highest BCUT2D eigenvalue weighted by Crippen LogP contribution is 2.14. The van der Waals surface area contributed by atoms with Gasteiger partial charge in [0.05, 0.1) is 11.8 Å². The maximum absolute atomic E-state index is 12.1. The number of piperazine rings is 1. The van der Waals surface area contributed by atoms with Gasteiger partial charge in [-0.05, 0) is 11.4 Å². The Bertz CT molecular complexity index is 515. The quantitative estimate of drug-likeness (QED) is 0.922. The average molecular weight is 276 g/mol. The van der Waals surface area contributed by atoms with Crippen LogP contribution in [0.5, 0.6) is 0 Å². The van der Waals surface area contributed by atoms with E-state index in [0.29, 0.717) is 5.56 Å². The molecule has 6 heteroatoms. The van der Waals surface area contributed by atoms with Crippen LogP contribution in [-0.2, 0) is 6.54 Å². The zero-order valence-electron chi connectivity index (χ0n) is 10.6. The standard InChI is InChI=1S/C13H16N4OS/c18-13(11-8-14-15-9-11)17-5-3-16(4-6-17)10-12-2-1-7-19-12/h1-2,7-9H,3-6,10H2,(H,14,15). The first-order valence-electron chi connectivity index (χ1n) is 6.36. The molecule has 1 aliphatic rings. The third kappa shape index (κ3) is 2.85. The minimum absolute atomic E-state index is 0.0736. The van der Waals surface area contributed by atoms with Gasteiger partial charge in [0.2, 0.25) is 0 Å². The summed E-state index contributed by atoms with van der Waals surface area (Å²) < 4.78 is 0. The van der Waals surface area contributed by atoms with E-state index in [1.54, 1.807) is 23.7 Å². The number of hydrogen-bond donors (Lipinski definition) is 1. The van der Waals surface area contributed by atoms with Gasteiger partial charge in [0.25, 0.3) is 5.91 Å². The highest BCUT2D eigenvalue weighted by atomic mass is 32.1. The summed E-state index contributed by atoms with van der Waals surface area (Å²) in [5, 5.41) is 8.61. The van der Waals surface area contributed by atoms with Gasteiger partial charge in [-0.1, -0.05) is 6.07 Å². The second-order valence-corrected chi connectivity index (χ2v) is 5.67. The molecule has 1 amide bonds. The van der Waals surface area contributed by atoms with Crippen LogP contribution in [0.4, 0.5) is 0 Å². The zero-order chi connectivity index (χ0) is 13.1. The predicted octanol–water partition coefficient (Wildman–Crippen LogP) is 1.43. The van der Waals surface area contributed by atoms with Crippen molar-refractivity contribution >= 4 is 17.2 Å². The van der Waals surface area contributed by atoms with Crippen LogP contribution in [0, 0.1) is 0 Å². The minimum atomic E-state index is 0.0736. The molecular formula is C13H16N4OS. The van der Waals surface area contributed by atoms with Crippen molar-refractivity contribution in [1.29, 1.82) is 0 Å². The van der Waals surface area contributed by atoms with Crippen molar-refractivity contribution in [3.8, 4) is 0 Å². The average Bonchev–Trinajstić information content (AvgIpc) is 3.12. The number of carbonyl (C=O) groups excluding carboxylic acids is 1. The topological polar surface area (TPSA) is 52.2 Å². The molecule has 0 bridgehead atoms. The predicted molar refractivity (Wildman–Crippen MR) is 74.1 cm³/mol. The maximum atomic E-state index is 12.1. The lowest BCUT2D eigenvalue weighted by Crippen LogP contribution is -2.48. The van der Waals surface area contributed by atoms with Crippen LogP contribution in [0.3, 0.4) is 0 Å². The number of hydrogen-bond acceptors (Lipinski definition) is 4. The summed E-state index contributed by atoms with van der Waals surface area (Å²) in [7, 11) is 0. The summed E-state index contributed by atoms with van der Waals surface area (Å²) in [5.41, 5.74) is 0.645. The lowest BCUT2D eigenvalue weighted by atomic mass is 10.2. The molecule has 5 nitrogen and oxygen atoms in total. The normalized spacial score (nSPS) is 16.7. The fourth-order valence-corrected chi connectivity index (χ4v) is 3.03. The van der Waals surface area contributed by atoms with E-state index in [-0.39, 0.29) is 5.91 Å². The molecule has 1 saturated heterocycles. The molecule has 1 aliphatic heterocycles. The van der Waals surface area contributed by atoms with E-state index in [9.17, 15) is 4.79 Å². The van der Waals surface area contributed by atoms with Crippen molar-refractivity contribution in [2.45, 2.75) is 6.54 Å². The van der Waals surface area contributed by atoms with Crippen molar-refractivity contribution in [1.82, 2.24) is 20.0 Å². The van der Waals surface area contributed by atoms with Crippen LogP contribution >= 0.6 is 11.3 Å². The molecule has 1 N–H and O–H groups in total. The van der Waals surface area contributed by atoms with Gasteiger partial charge in [0.15, 0.2) is 0 Å². The molecule has 0 unspecified atom stereocenters. The van der Waals surface area contributed by atoms with Gasteiger partial charge in [0.1, 0.15) is 0 Å². The number of nitrogens with zero attached hydrogens (tertiary/aromatic N) is 3. The summed E-state index contributed by atoms with van der Waals surface area (Å²) in [6, 6.07) is 4.24. The second kappa shape index (κ2) is 5.54. The van der Waals surface area contributed by atoms with Crippen LogP contribution in [0.1, 0.15) is 15.2 Å². The first-order chi connectivity index (χ1) is 9.33. The number of rotatable bonds is 3. The van der Waals surface area contributed by atoms with Crippen LogP contribution in [0.2, 0.25) is 0 Å². The Hall–Kier alpha value is -1.66. The monoisotopic (exact) mass is 276 g/mol. The fraction of sp³-hybridized carbons (Fsp3) is 0.385. The van der Waals surface area contributed by atoms with E-state index >= 15 is 0 Å². The van der Waals surface area contributed by atoms with Gasteiger partial charge in [-0.3, -0.25) is 14.8 Å². The van der Waals surface area contributed by atoms with Gasteiger partial charge in [-0.2, -0.15) is 5.10 Å². The van der Waals surface area contributed by atoms with Crippen LogP contribution in [0.25, 0.3) is 0 Å². The molecule has 2 aromatic heterocycles. The van der Waals surface area contributed by atoms with Crippen LogP contribution in [-0.4, -0.2) is 52.1 Å². The number of H-pyrrole nitrogens is 1. The molecule has 3 rings (SSSR count). The molecule has 0 aromatic carbocycles. The highest BCUT2D eigenvalue weighted by Gasteiger charge is 2.22. The Labute approximate surface area is 115 Å². The highest BCUT2D eigenvalue weighted by molar-refractivity contribution is 7.09. The van der Waals surface area contributed by atoms with Crippen molar-refractivity contribution < 1.29 is 4.79 Å². The van der Waals surface area contributed by atoms with Gasteiger partial charge >= 0.3 is 0 Å². The summed E-state index contributed by atoms with van der Waals surface area (Å²) >= 11 is 1.79. The van der Waals surface area contributed by atoms with E-state index in [4.69, 9.17) is 0 Å². The van der Waals surface area contributed by atoms with E-state index in [0.717, 1.165) is 32.7 Å². The number of amides is 1. The molecule has 0 saturated carbocycles. The SMILES string of the molecule is O=C(c1cn[nH]c1)N1CCN(Cc2cccs2)CC1. The summed E-state index contributed by atoms with van der Waals surface area (Å²) in [6.45, 7) is 4.43. The Kier molecular flexibility index (Phi) is 3.61. The molecule has 1 fully saturated rings. The minimum Gasteiger partial charge on any atom is -0.336 e. The molecule has 0 aliphatic carbocycles. The van der Waals surface area contributed by atoms with E-state index in [2.05, 4.69) is 32.6 Å². The molecule has 2 aromatic rings. The number of nitrogens with one attached hydrogen (secondary N) is 1. The number of aromatic amines is 1.